The molecule has 1 aromatic heterocycles. The second kappa shape index (κ2) is 13.3. The van der Waals surface area contributed by atoms with Gasteiger partial charge in [-0.05, 0) is 59.9 Å². The van der Waals surface area contributed by atoms with Crippen molar-refractivity contribution in [1.82, 2.24) is 10.2 Å². The number of aromatic nitrogens is 2. The molecule has 1 atom stereocenters. The highest BCUT2D eigenvalue weighted by atomic mass is 32.2. The van der Waals surface area contributed by atoms with Crippen LogP contribution in [0.25, 0.3) is 5.76 Å². The molecule has 2 aliphatic rings. The molecular formula is C33H30FN3O6S2. The van der Waals surface area contributed by atoms with Gasteiger partial charge in [-0.15, -0.1) is 10.2 Å². The number of thioether (sulfide) groups is 1. The van der Waals surface area contributed by atoms with Crippen LogP contribution in [0.3, 0.4) is 0 Å². The molecule has 0 radical (unpaired) electrons. The Morgan fingerprint density at radius 1 is 1.07 bits per heavy atom. The molecule has 2 aliphatic heterocycles. The summed E-state index contributed by atoms with van der Waals surface area (Å²) in [4.78, 5) is 28.6. The first-order valence-corrected chi connectivity index (χ1v) is 16.2. The minimum absolute atomic E-state index is 0.105. The summed E-state index contributed by atoms with van der Waals surface area (Å²) >= 11 is 2.38. The van der Waals surface area contributed by atoms with E-state index in [0.29, 0.717) is 69.8 Å². The van der Waals surface area contributed by atoms with Gasteiger partial charge in [-0.2, -0.15) is 0 Å². The number of fused-ring (bicyclic) bond motifs is 1. The maximum Gasteiger partial charge on any atom is 0.301 e. The summed E-state index contributed by atoms with van der Waals surface area (Å²) in [7, 11) is 0. The van der Waals surface area contributed by atoms with Crippen molar-refractivity contribution in [3.05, 3.63) is 94.8 Å². The Balaban J connectivity index is 1.38. The summed E-state index contributed by atoms with van der Waals surface area (Å²) in [6, 6.07) is 17.4. The first-order valence-electron chi connectivity index (χ1n) is 14.4. The molecule has 6 rings (SSSR count). The molecule has 4 aromatic rings. The van der Waals surface area contributed by atoms with Crippen LogP contribution < -0.4 is 19.1 Å². The molecule has 9 nitrogen and oxygen atoms in total. The Morgan fingerprint density at radius 2 is 1.87 bits per heavy atom. The van der Waals surface area contributed by atoms with Gasteiger partial charge in [0, 0.05) is 11.3 Å². The number of hydrogen-bond acceptors (Lipinski definition) is 10. The van der Waals surface area contributed by atoms with Crippen LogP contribution in [-0.2, 0) is 15.3 Å². The molecular weight excluding hydrogens is 618 g/mol. The Kier molecular flexibility index (Phi) is 9.04. The van der Waals surface area contributed by atoms with E-state index >= 15 is 0 Å². The fourth-order valence-corrected chi connectivity index (χ4v) is 6.85. The fourth-order valence-electron chi connectivity index (χ4n) is 4.99. The monoisotopic (exact) mass is 647 g/mol. The molecule has 0 saturated carbocycles. The zero-order valence-corrected chi connectivity index (χ0v) is 26.2. The third-order valence-electron chi connectivity index (χ3n) is 7.31. The molecule has 12 heteroatoms. The molecule has 1 fully saturated rings. The van der Waals surface area contributed by atoms with E-state index in [1.165, 1.54) is 22.7 Å². The van der Waals surface area contributed by atoms with Crippen molar-refractivity contribution in [3.8, 4) is 17.2 Å². The normalized spacial score (nSPS) is 17.2. The first-order chi connectivity index (χ1) is 21.8. The Hall–Kier alpha value is -4.42. The lowest BCUT2D eigenvalue weighted by molar-refractivity contribution is -0.132. The van der Waals surface area contributed by atoms with Crippen LogP contribution in [0.1, 0.15) is 43.0 Å². The minimum atomic E-state index is -1.02. The number of carbonyl (C=O) groups excluding carboxylic acids is 2. The summed E-state index contributed by atoms with van der Waals surface area (Å²) in [6.45, 7) is 5.46. The van der Waals surface area contributed by atoms with E-state index in [1.807, 2.05) is 0 Å². The van der Waals surface area contributed by atoms with Gasteiger partial charge >= 0.3 is 5.91 Å². The number of benzene rings is 3. The molecule has 1 saturated heterocycles. The van der Waals surface area contributed by atoms with Crippen molar-refractivity contribution in [3.63, 3.8) is 0 Å². The number of amides is 1. The number of hydrogen-bond donors (Lipinski definition) is 1. The maximum atomic E-state index is 14.2. The van der Waals surface area contributed by atoms with Crippen molar-refractivity contribution >= 4 is 45.7 Å². The van der Waals surface area contributed by atoms with Crippen molar-refractivity contribution in [2.75, 3.05) is 24.7 Å². The highest BCUT2D eigenvalue weighted by Gasteiger charge is 2.48. The van der Waals surface area contributed by atoms with Crippen molar-refractivity contribution in [2.45, 2.75) is 36.4 Å². The molecule has 45 heavy (non-hydrogen) atoms. The van der Waals surface area contributed by atoms with E-state index in [4.69, 9.17) is 14.2 Å². The molecule has 1 amide bonds. The lowest BCUT2D eigenvalue weighted by Crippen LogP contribution is -2.29. The van der Waals surface area contributed by atoms with E-state index in [-0.39, 0.29) is 22.3 Å². The van der Waals surface area contributed by atoms with Crippen LogP contribution in [0.4, 0.5) is 9.52 Å². The van der Waals surface area contributed by atoms with Crippen molar-refractivity contribution < 1.29 is 33.3 Å². The van der Waals surface area contributed by atoms with Gasteiger partial charge in [0.05, 0.1) is 18.2 Å². The number of halogens is 1. The number of nitrogens with zero attached hydrogens (tertiary/aromatic N) is 3. The van der Waals surface area contributed by atoms with Gasteiger partial charge in [-0.3, -0.25) is 14.5 Å². The molecule has 232 valence electrons. The van der Waals surface area contributed by atoms with Gasteiger partial charge in [-0.25, -0.2) is 4.39 Å². The number of aliphatic hydroxyl groups excluding tert-OH is 1. The van der Waals surface area contributed by atoms with E-state index in [9.17, 15) is 19.1 Å². The van der Waals surface area contributed by atoms with Gasteiger partial charge in [0.2, 0.25) is 5.13 Å². The standard InChI is InChI=1S/C33H30FN3O6S2/c1-19(2)12-13-41-23-8-5-7-20(16-23)28-27(29(38)21-10-11-25-26(17-21)43-15-14-42-25)30(39)31(40)37(28)32-35-36-33(45-32)44-18-22-6-3-4-9-24(22)34/h3-11,16-17,19,28,38H,12-15,18H2,1-2H3. The number of aliphatic hydroxyl groups is 1. The summed E-state index contributed by atoms with van der Waals surface area (Å²) in [5, 5.41) is 20.2. The zero-order valence-electron chi connectivity index (χ0n) is 24.6. The average molecular weight is 648 g/mol. The summed E-state index contributed by atoms with van der Waals surface area (Å²) in [5.41, 5.74) is 1.25. The molecule has 3 heterocycles. The Bertz CT molecular complexity index is 1770. The van der Waals surface area contributed by atoms with Crippen LogP contribution in [0, 0.1) is 11.7 Å². The lowest BCUT2D eigenvalue weighted by atomic mass is 9.95. The van der Waals surface area contributed by atoms with Crippen LogP contribution >= 0.6 is 23.1 Å². The fraction of sp³-hybridized carbons (Fsp3) is 0.273. The van der Waals surface area contributed by atoms with Gasteiger partial charge in [0.25, 0.3) is 5.78 Å². The number of anilines is 1. The van der Waals surface area contributed by atoms with Crippen molar-refractivity contribution in [2.24, 2.45) is 5.92 Å². The molecule has 0 spiro atoms. The SMILES string of the molecule is CC(C)CCOc1cccc(C2C(=C(O)c3ccc4c(c3)OCCO4)C(=O)C(=O)N2c2nnc(SCc3ccccc3F)s2)c1. The lowest BCUT2D eigenvalue weighted by Gasteiger charge is -2.23. The molecule has 0 bridgehead atoms. The quantitative estimate of drug-likeness (QED) is 0.0654. The second-order valence-corrected chi connectivity index (χ2v) is 13.0. The van der Waals surface area contributed by atoms with Gasteiger partial charge in [0.1, 0.15) is 30.5 Å². The summed E-state index contributed by atoms with van der Waals surface area (Å²) < 4.78 is 31.9. The Labute approximate surface area is 267 Å². The third-order valence-corrected chi connectivity index (χ3v) is 9.41. The number of carbonyl (C=O) groups is 2. The molecule has 3 aromatic carbocycles. The summed E-state index contributed by atoms with van der Waals surface area (Å²) in [6.07, 6.45) is 0.852. The van der Waals surface area contributed by atoms with Gasteiger partial charge in [0.15, 0.2) is 15.8 Å². The summed E-state index contributed by atoms with van der Waals surface area (Å²) in [5.74, 6) is -0.124. The molecule has 0 aliphatic carbocycles. The predicted octanol–water partition coefficient (Wildman–Crippen LogP) is 6.79. The van der Waals surface area contributed by atoms with E-state index in [2.05, 4.69) is 24.0 Å². The molecule has 1 N–H and O–H groups in total. The molecule has 1 unspecified atom stereocenters. The topological polar surface area (TPSA) is 111 Å². The van der Waals surface area contributed by atoms with E-state index in [1.54, 1.807) is 60.7 Å². The average Bonchev–Trinajstić information content (AvgIpc) is 3.61. The highest BCUT2D eigenvalue weighted by molar-refractivity contribution is 8.00. The first kappa shape index (κ1) is 30.6. The smallest absolute Gasteiger partial charge is 0.301 e. The number of rotatable bonds is 10. The Morgan fingerprint density at radius 3 is 2.67 bits per heavy atom. The minimum Gasteiger partial charge on any atom is -0.507 e. The number of ketones is 1. The maximum absolute atomic E-state index is 14.2. The largest absolute Gasteiger partial charge is 0.507 e. The highest BCUT2D eigenvalue weighted by Crippen LogP contribution is 2.45. The van der Waals surface area contributed by atoms with E-state index in [0.717, 1.165) is 17.8 Å². The van der Waals surface area contributed by atoms with Gasteiger partial charge < -0.3 is 19.3 Å². The third kappa shape index (κ3) is 6.52. The van der Waals surface area contributed by atoms with Crippen LogP contribution in [0.2, 0.25) is 0 Å². The number of ether oxygens (including phenoxy) is 3. The van der Waals surface area contributed by atoms with E-state index < -0.39 is 17.7 Å². The van der Waals surface area contributed by atoms with Crippen LogP contribution in [0.15, 0.2) is 76.6 Å². The van der Waals surface area contributed by atoms with Crippen LogP contribution in [0.5, 0.6) is 17.2 Å². The van der Waals surface area contributed by atoms with Gasteiger partial charge in [-0.1, -0.05) is 67.3 Å². The number of Topliss-reactive ketones (excluding diaryl/α,β-unsaturated/α-hetero) is 1. The zero-order chi connectivity index (χ0) is 31.5. The predicted molar refractivity (Wildman–Crippen MR) is 169 cm³/mol. The second-order valence-electron chi connectivity index (χ2n) is 10.9. The van der Waals surface area contributed by atoms with Crippen LogP contribution in [-0.4, -0.2) is 46.8 Å². The van der Waals surface area contributed by atoms with Crippen molar-refractivity contribution in [1.29, 1.82) is 0 Å².